The summed E-state index contributed by atoms with van der Waals surface area (Å²) in [4.78, 5) is 37.9. The molecule has 342 valence electrons. The number of carbonyl (C=O) groups is 3. The summed E-state index contributed by atoms with van der Waals surface area (Å²) in [6.45, 7) is 6.49. The highest BCUT2D eigenvalue weighted by molar-refractivity contribution is 5.71. The second-order valence-corrected chi connectivity index (χ2v) is 16.7. The Morgan fingerprint density at radius 1 is 0.356 bits per heavy atom. The number of hydrogen-bond donors (Lipinski definition) is 0. The summed E-state index contributed by atoms with van der Waals surface area (Å²) < 4.78 is 16.7. The van der Waals surface area contributed by atoms with E-state index in [0.29, 0.717) is 19.3 Å². The maximum absolute atomic E-state index is 12.7. The summed E-state index contributed by atoms with van der Waals surface area (Å²) in [5.74, 6) is -0.905. The molecule has 6 nitrogen and oxygen atoms in total. The summed E-state index contributed by atoms with van der Waals surface area (Å²) in [6.07, 6.45) is 56.7. The van der Waals surface area contributed by atoms with Crippen molar-refractivity contribution in [3.8, 4) is 0 Å². The third-order valence-electron chi connectivity index (χ3n) is 10.8. The lowest BCUT2D eigenvalue weighted by Gasteiger charge is -2.18. The highest BCUT2D eigenvalue weighted by Crippen LogP contribution is 2.14. The van der Waals surface area contributed by atoms with Crippen LogP contribution in [0, 0.1) is 0 Å². The molecule has 0 aliphatic rings. The van der Waals surface area contributed by atoms with E-state index < -0.39 is 6.10 Å². The number of ether oxygens (including phenoxy) is 3. The van der Waals surface area contributed by atoms with E-state index in [-0.39, 0.29) is 31.1 Å². The van der Waals surface area contributed by atoms with Crippen LogP contribution >= 0.6 is 0 Å². The molecule has 0 aromatic heterocycles. The fourth-order valence-corrected chi connectivity index (χ4v) is 7.04. The largest absolute Gasteiger partial charge is 0.462 e. The molecule has 1 unspecified atom stereocenters. The van der Waals surface area contributed by atoms with E-state index >= 15 is 0 Å². The molecule has 1 atom stereocenters. The summed E-state index contributed by atoms with van der Waals surface area (Å²) in [5, 5.41) is 0. The first-order valence-electron chi connectivity index (χ1n) is 25.1. The van der Waals surface area contributed by atoms with Gasteiger partial charge in [0.15, 0.2) is 6.10 Å². The molecule has 0 bridgehead atoms. The Bertz CT molecular complexity index is 1040. The van der Waals surface area contributed by atoms with Gasteiger partial charge in [-0.2, -0.15) is 0 Å². The van der Waals surface area contributed by atoms with Crippen molar-refractivity contribution in [1.29, 1.82) is 0 Å². The fraction of sp³-hybridized carbons (Fsp3) is 0.792. The molecule has 0 fully saturated rings. The normalized spacial score (nSPS) is 12.4. The third-order valence-corrected chi connectivity index (χ3v) is 10.8. The molecule has 59 heavy (non-hydrogen) atoms. The average Bonchev–Trinajstić information content (AvgIpc) is 3.23. The molecule has 0 rings (SSSR count). The van der Waals surface area contributed by atoms with Crippen LogP contribution in [0.3, 0.4) is 0 Å². The number of hydrogen-bond acceptors (Lipinski definition) is 6. The minimum atomic E-state index is -0.782. The SMILES string of the molecule is CC/C=C\C/C=C\C/C=C\CCCCCCC(=O)OC(COC(=O)CCCCCCCCC/C=C\CCCCCCCC)COC(=O)CCCCCCCCCCCC. The van der Waals surface area contributed by atoms with Gasteiger partial charge < -0.3 is 14.2 Å². The van der Waals surface area contributed by atoms with Crippen molar-refractivity contribution >= 4 is 17.9 Å². The highest BCUT2D eigenvalue weighted by atomic mass is 16.6. The van der Waals surface area contributed by atoms with E-state index in [2.05, 4.69) is 69.4 Å². The zero-order valence-electron chi connectivity index (χ0n) is 39.0. The first-order chi connectivity index (χ1) is 29.0. The van der Waals surface area contributed by atoms with Gasteiger partial charge in [0.1, 0.15) is 13.2 Å². The number of rotatable bonds is 45. The maximum Gasteiger partial charge on any atom is 0.306 e. The number of unbranched alkanes of at least 4 members (excludes halogenated alkanes) is 26. The molecule has 0 spiro atoms. The number of allylic oxidation sites excluding steroid dienone is 8. The number of esters is 3. The van der Waals surface area contributed by atoms with Gasteiger partial charge in [0.05, 0.1) is 0 Å². The molecule has 0 radical (unpaired) electrons. The summed E-state index contributed by atoms with van der Waals surface area (Å²) in [7, 11) is 0. The lowest BCUT2D eigenvalue weighted by molar-refractivity contribution is -0.167. The molecule has 0 aliphatic carbocycles. The van der Waals surface area contributed by atoms with Crippen LogP contribution < -0.4 is 0 Å². The Hall–Kier alpha value is -2.63. The quantitative estimate of drug-likeness (QED) is 0.0263. The van der Waals surface area contributed by atoms with Crippen LogP contribution in [0.5, 0.6) is 0 Å². The van der Waals surface area contributed by atoms with Crippen molar-refractivity contribution in [2.75, 3.05) is 13.2 Å². The minimum Gasteiger partial charge on any atom is -0.462 e. The van der Waals surface area contributed by atoms with Gasteiger partial charge in [-0.3, -0.25) is 14.4 Å². The fourth-order valence-electron chi connectivity index (χ4n) is 7.04. The van der Waals surface area contributed by atoms with Crippen LogP contribution in [0.15, 0.2) is 48.6 Å². The predicted octanol–water partition coefficient (Wildman–Crippen LogP) is 16.3. The second kappa shape index (κ2) is 48.0. The van der Waals surface area contributed by atoms with E-state index in [9.17, 15) is 14.4 Å². The first-order valence-corrected chi connectivity index (χ1v) is 25.1. The van der Waals surface area contributed by atoms with Crippen molar-refractivity contribution in [3.05, 3.63) is 48.6 Å². The number of carbonyl (C=O) groups excluding carboxylic acids is 3. The van der Waals surface area contributed by atoms with Gasteiger partial charge in [-0.15, -0.1) is 0 Å². The van der Waals surface area contributed by atoms with E-state index in [1.807, 2.05) is 0 Å². The Kier molecular flexibility index (Phi) is 45.9. The highest BCUT2D eigenvalue weighted by Gasteiger charge is 2.19. The van der Waals surface area contributed by atoms with Crippen LogP contribution in [-0.4, -0.2) is 37.2 Å². The molecule has 0 amide bonds. The van der Waals surface area contributed by atoms with Gasteiger partial charge in [0, 0.05) is 19.3 Å². The standard InChI is InChI=1S/C53H94O6/c1-4-7-10-13-16-19-22-24-26-27-28-30-31-34-37-40-43-46-52(55)58-49-50(48-57-51(54)45-42-39-36-33-21-18-15-12-9-6-3)59-53(56)47-44-41-38-35-32-29-25-23-20-17-14-11-8-5-2/h8,11,17,20,24-26,29,50H,4-7,9-10,12-16,18-19,21-23,27-28,30-49H2,1-3H3/b11-8-,20-17-,26-24-,29-25-. The molecule has 0 saturated carbocycles. The monoisotopic (exact) mass is 827 g/mol. The van der Waals surface area contributed by atoms with Gasteiger partial charge in [-0.1, -0.05) is 204 Å². The van der Waals surface area contributed by atoms with Crippen LogP contribution in [0.4, 0.5) is 0 Å². The summed E-state index contributed by atoms with van der Waals surface area (Å²) in [6, 6.07) is 0. The molecule has 0 aliphatic heterocycles. The molecule has 0 aromatic rings. The minimum absolute atomic E-state index is 0.0819. The van der Waals surface area contributed by atoms with Crippen molar-refractivity contribution in [2.24, 2.45) is 0 Å². The third kappa shape index (κ3) is 46.3. The Balaban J connectivity index is 4.36. The van der Waals surface area contributed by atoms with Crippen molar-refractivity contribution < 1.29 is 28.6 Å². The van der Waals surface area contributed by atoms with Crippen LogP contribution in [-0.2, 0) is 28.6 Å². The van der Waals surface area contributed by atoms with E-state index in [1.165, 1.54) is 122 Å². The zero-order valence-corrected chi connectivity index (χ0v) is 39.0. The summed E-state index contributed by atoms with van der Waals surface area (Å²) in [5.41, 5.74) is 0. The predicted molar refractivity (Wildman–Crippen MR) is 252 cm³/mol. The van der Waals surface area contributed by atoms with Crippen molar-refractivity contribution in [3.63, 3.8) is 0 Å². The molecular formula is C53H94O6. The smallest absolute Gasteiger partial charge is 0.306 e. The Labute approximate surface area is 365 Å². The molecule has 0 N–H and O–H groups in total. The topological polar surface area (TPSA) is 78.9 Å². The van der Waals surface area contributed by atoms with Crippen molar-refractivity contribution in [2.45, 2.75) is 258 Å². The van der Waals surface area contributed by atoms with Crippen LogP contribution in [0.2, 0.25) is 0 Å². The zero-order chi connectivity index (χ0) is 43.0. The van der Waals surface area contributed by atoms with Crippen LogP contribution in [0.1, 0.15) is 252 Å². The average molecular weight is 827 g/mol. The molecule has 0 heterocycles. The van der Waals surface area contributed by atoms with Crippen LogP contribution in [0.25, 0.3) is 0 Å². The van der Waals surface area contributed by atoms with Gasteiger partial charge in [0.2, 0.25) is 0 Å². The van der Waals surface area contributed by atoms with E-state index in [1.54, 1.807) is 0 Å². The summed E-state index contributed by atoms with van der Waals surface area (Å²) >= 11 is 0. The maximum atomic E-state index is 12.7. The Morgan fingerprint density at radius 2 is 0.661 bits per heavy atom. The Morgan fingerprint density at radius 3 is 1.05 bits per heavy atom. The molecular weight excluding hydrogens is 733 g/mol. The van der Waals surface area contributed by atoms with Gasteiger partial charge >= 0.3 is 17.9 Å². The van der Waals surface area contributed by atoms with Gasteiger partial charge in [0.25, 0.3) is 0 Å². The van der Waals surface area contributed by atoms with Gasteiger partial charge in [-0.25, -0.2) is 0 Å². The van der Waals surface area contributed by atoms with Gasteiger partial charge in [-0.05, 0) is 77.0 Å². The lowest BCUT2D eigenvalue weighted by Crippen LogP contribution is -2.30. The first kappa shape index (κ1) is 56.4. The lowest BCUT2D eigenvalue weighted by atomic mass is 10.1. The second-order valence-electron chi connectivity index (χ2n) is 16.7. The van der Waals surface area contributed by atoms with E-state index in [4.69, 9.17) is 14.2 Å². The molecule has 0 saturated heterocycles. The van der Waals surface area contributed by atoms with Crippen molar-refractivity contribution in [1.82, 2.24) is 0 Å². The molecule has 0 aromatic carbocycles. The molecule has 6 heteroatoms. The van der Waals surface area contributed by atoms with E-state index in [0.717, 1.165) is 89.9 Å².